The van der Waals surface area contributed by atoms with E-state index in [4.69, 9.17) is 5.11 Å². The van der Waals surface area contributed by atoms with Crippen LogP contribution < -0.4 is 16.7 Å². The first-order chi connectivity index (χ1) is 13.3. The zero-order chi connectivity index (χ0) is 20.4. The number of phenolic OH excluding ortho intramolecular Hbond substituents is 1. The Morgan fingerprint density at radius 2 is 2.07 bits per heavy atom. The van der Waals surface area contributed by atoms with Crippen LogP contribution in [-0.2, 0) is 13.6 Å². The van der Waals surface area contributed by atoms with Crippen LogP contribution in [0.4, 0.5) is 5.95 Å². The lowest BCUT2D eigenvalue weighted by molar-refractivity contribution is 0.0825. The average molecular weight is 388 g/mol. The molecule has 0 saturated carbocycles. The molecule has 0 saturated heterocycles. The SMILES string of the molecule is C/C(=N/Nc1nc2c(c(=O)[nH]c(=O)n2C)n1C[C@@H](O)CO)c1ccccc1O. The van der Waals surface area contributed by atoms with Crippen LogP contribution >= 0.6 is 0 Å². The highest BCUT2D eigenvalue weighted by Crippen LogP contribution is 2.19. The minimum atomic E-state index is -1.15. The minimum Gasteiger partial charge on any atom is -0.507 e. The number of rotatable bonds is 6. The summed E-state index contributed by atoms with van der Waals surface area (Å²) in [5.41, 5.74) is 2.48. The number of fused-ring (bicyclic) bond motifs is 1. The van der Waals surface area contributed by atoms with Crippen LogP contribution in [0.3, 0.4) is 0 Å². The van der Waals surface area contributed by atoms with Gasteiger partial charge in [-0.25, -0.2) is 10.2 Å². The van der Waals surface area contributed by atoms with E-state index in [2.05, 4.69) is 20.5 Å². The number of aryl methyl sites for hydroxylation is 1. The lowest BCUT2D eigenvalue weighted by atomic mass is 10.1. The number of phenols is 1. The van der Waals surface area contributed by atoms with E-state index >= 15 is 0 Å². The summed E-state index contributed by atoms with van der Waals surface area (Å²) in [5, 5.41) is 33.1. The van der Waals surface area contributed by atoms with Crippen molar-refractivity contribution >= 4 is 22.8 Å². The summed E-state index contributed by atoms with van der Waals surface area (Å²) >= 11 is 0. The summed E-state index contributed by atoms with van der Waals surface area (Å²) in [6.45, 7) is 0.991. The van der Waals surface area contributed by atoms with Crippen LogP contribution in [0.25, 0.3) is 11.2 Å². The number of imidazole rings is 1. The molecule has 5 N–H and O–H groups in total. The zero-order valence-corrected chi connectivity index (χ0v) is 15.2. The van der Waals surface area contributed by atoms with Crippen LogP contribution in [0.2, 0.25) is 0 Å². The first-order valence-electron chi connectivity index (χ1n) is 8.40. The van der Waals surface area contributed by atoms with E-state index in [0.29, 0.717) is 11.3 Å². The molecule has 3 aromatic rings. The highest BCUT2D eigenvalue weighted by atomic mass is 16.3. The molecule has 0 spiro atoms. The Kier molecular flexibility index (Phi) is 5.29. The number of para-hydroxylation sites is 1. The van der Waals surface area contributed by atoms with Gasteiger partial charge in [0.2, 0.25) is 5.95 Å². The molecule has 11 heteroatoms. The van der Waals surface area contributed by atoms with Crippen LogP contribution in [-0.4, -0.2) is 52.8 Å². The highest BCUT2D eigenvalue weighted by molar-refractivity contribution is 6.01. The van der Waals surface area contributed by atoms with Crippen molar-refractivity contribution in [2.24, 2.45) is 12.1 Å². The Hall–Kier alpha value is -3.44. The summed E-state index contributed by atoms with van der Waals surface area (Å²) < 4.78 is 2.49. The van der Waals surface area contributed by atoms with Gasteiger partial charge in [0.15, 0.2) is 11.2 Å². The molecule has 0 fully saturated rings. The maximum Gasteiger partial charge on any atom is 0.329 e. The molecule has 2 heterocycles. The second kappa shape index (κ2) is 7.66. The monoisotopic (exact) mass is 388 g/mol. The van der Waals surface area contributed by atoms with Crippen molar-refractivity contribution in [3.05, 3.63) is 50.7 Å². The number of benzene rings is 1. The number of anilines is 1. The predicted octanol–water partition coefficient (Wildman–Crippen LogP) is -0.682. The van der Waals surface area contributed by atoms with Crippen molar-refractivity contribution in [2.45, 2.75) is 19.6 Å². The lowest BCUT2D eigenvalue weighted by Gasteiger charge is -2.12. The number of aromatic amines is 1. The van der Waals surface area contributed by atoms with Gasteiger partial charge in [-0.2, -0.15) is 10.1 Å². The summed E-state index contributed by atoms with van der Waals surface area (Å²) in [4.78, 5) is 30.5. The van der Waals surface area contributed by atoms with Crippen molar-refractivity contribution in [1.29, 1.82) is 0 Å². The van der Waals surface area contributed by atoms with Gasteiger partial charge in [-0.15, -0.1) is 0 Å². The number of nitrogens with zero attached hydrogens (tertiary/aromatic N) is 4. The maximum atomic E-state index is 12.3. The van der Waals surface area contributed by atoms with Crippen molar-refractivity contribution in [3.8, 4) is 5.75 Å². The van der Waals surface area contributed by atoms with E-state index in [-0.39, 0.29) is 29.4 Å². The fraction of sp³-hybridized carbons (Fsp3) is 0.294. The molecule has 28 heavy (non-hydrogen) atoms. The number of hydrogen-bond acceptors (Lipinski definition) is 8. The van der Waals surface area contributed by atoms with Gasteiger partial charge in [-0.3, -0.25) is 14.3 Å². The molecule has 148 valence electrons. The van der Waals surface area contributed by atoms with Crippen LogP contribution in [0.15, 0.2) is 39.0 Å². The predicted molar refractivity (Wildman–Crippen MR) is 103 cm³/mol. The van der Waals surface area contributed by atoms with Gasteiger partial charge in [0.25, 0.3) is 5.56 Å². The van der Waals surface area contributed by atoms with E-state index in [9.17, 15) is 19.8 Å². The molecule has 0 aliphatic heterocycles. The molecule has 11 nitrogen and oxygen atoms in total. The van der Waals surface area contributed by atoms with Gasteiger partial charge in [0.05, 0.1) is 25.0 Å². The molecule has 1 atom stereocenters. The number of aliphatic hydroxyl groups excluding tert-OH is 2. The molecule has 0 radical (unpaired) electrons. The fourth-order valence-electron chi connectivity index (χ4n) is 2.74. The summed E-state index contributed by atoms with van der Waals surface area (Å²) in [5.74, 6) is 0.137. The number of nitrogens with one attached hydrogen (secondary N) is 2. The first-order valence-corrected chi connectivity index (χ1v) is 8.40. The Labute approximate surface area is 158 Å². The summed E-state index contributed by atoms with van der Waals surface area (Å²) in [6.07, 6.45) is -1.15. The van der Waals surface area contributed by atoms with Gasteiger partial charge in [-0.1, -0.05) is 12.1 Å². The normalized spacial score (nSPS) is 13.1. The molecule has 3 rings (SSSR count). The van der Waals surface area contributed by atoms with E-state index < -0.39 is 24.0 Å². The molecule has 2 aromatic heterocycles. The van der Waals surface area contributed by atoms with Crippen molar-refractivity contribution in [1.82, 2.24) is 19.1 Å². The molecule has 0 bridgehead atoms. The molecule has 1 aromatic carbocycles. The lowest BCUT2D eigenvalue weighted by Crippen LogP contribution is -2.30. The van der Waals surface area contributed by atoms with Gasteiger partial charge >= 0.3 is 5.69 Å². The number of hydrogen-bond donors (Lipinski definition) is 5. The highest BCUT2D eigenvalue weighted by Gasteiger charge is 2.19. The number of aliphatic hydroxyl groups is 2. The van der Waals surface area contributed by atoms with Gasteiger partial charge < -0.3 is 19.9 Å². The quantitative estimate of drug-likeness (QED) is 0.276. The Morgan fingerprint density at radius 3 is 2.75 bits per heavy atom. The number of aromatic nitrogens is 4. The van der Waals surface area contributed by atoms with E-state index in [1.165, 1.54) is 17.7 Å². The number of H-pyrrole nitrogens is 1. The second-order valence-corrected chi connectivity index (χ2v) is 6.20. The molecule has 0 aliphatic carbocycles. The van der Waals surface area contributed by atoms with E-state index in [1.54, 1.807) is 25.1 Å². The maximum absolute atomic E-state index is 12.3. The standard InChI is InChI=1S/C17H20N6O5/c1-9(11-5-3-4-6-12(11)26)20-21-16-18-14-13(23(16)7-10(25)8-24)15(27)19-17(28)22(14)2/h3-6,10,24-26H,7-8H2,1-2H3,(H,18,21)(H,19,27,28)/b20-9-/t10-/m1/s1. The largest absolute Gasteiger partial charge is 0.507 e. The molecule has 0 aliphatic rings. The molecular formula is C17H20N6O5. The Morgan fingerprint density at radius 1 is 1.36 bits per heavy atom. The fourth-order valence-corrected chi connectivity index (χ4v) is 2.74. The Balaban J connectivity index is 2.10. The third-order valence-corrected chi connectivity index (χ3v) is 4.23. The average Bonchev–Trinajstić information content (AvgIpc) is 3.03. The van der Waals surface area contributed by atoms with Gasteiger partial charge in [-0.05, 0) is 19.1 Å². The molecular weight excluding hydrogens is 368 g/mol. The molecule has 0 unspecified atom stereocenters. The summed E-state index contributed by atoms with van der Waals surface area (Å²) in [6, 6.07) is 6.64. The van der Waals surface area contributed by atoms with E-state index in [1.807, 2.05) is 0 Å². The van der Waals surface area contributed by atoms with Crippen molar-refractivity contribution in [2.75, 3.05) is 12.0 Å². The third-order valence-electron chi connectivity index (χ3n) is 4.23. The number of aromatic hydroxyl groups is 1. The smallest absolute Gasteiger partial charge is 0.329 e. The van der Waals surface area contributed by atoms with Crippen LogP contribution in [0.5, 0.6) is 5.75 Å². The van der Waals surface area contributed by atoms with Crippen molar-refractivity contribution in [3.63, 3.8) is 0 Å². The number of hydrazone groups is 1. The van der Waals surface area contributed by atoms with Crippen LogP contribution in [0.1, 0.15) is 12.5 Å². The van der Waals surface area contributed by atoms with Gasteiger partial charge in [0.1, 0.15) is 5.75 Å². The minimum absolute atomic E-state index is 0.0486. The van der Waals surface area contributed by atoms with Crippen LogP contribution in [0, 0.1) is 0 Å². The second-order valence-electron chi connectivity index (χ2n) is 6.20. The topological polar surface area (TPSA) is 158 Å². The van der Waals surface area contributed by atoms with Gasteiger partial charge in [0, 0.05) is 12.6 Å². The third kappa shape index (κ3) is 3.52. The first kappa shape index (κ1) is 19.3. The van der Waals surface area contributed by atoms with Crippen molar-refractivity contribution < 1.29 is 15.3 Å². The van der Waals surface area contributed by atoms with E-state index in [0.717, 1.165) is 4.57 Å². The Bertz CT molecular complexity index is 1160. The molecule has 0 amide bonds. The zero-order valence-electron chi connectivity index (χ0n) is 15.2. The summed E-state index contributed by atoms with van der Waals surface area (Å²) in [7, 11) is 1.45.